The minimum Gasteiger partial charge on any atom is -0.379 e. The second-order valence-corrected chi connectivity index (χ2v) is 12.5. The van der Waals surface area contributed by atoms with E-state index in [4.69, 9.17) is 4.74 Å². The number of amides is 2. The van der Waals surface area contributed by atoms with Gasteiger partial charge in [-0.25, -0.2) is 0 Å². The maximum absolute atomic E-state index is 14.1. The molecule has 0 bridgehead atoms. The molecule has 0 spiro atoms. The van der Waals surface area contributed by atoms with E-state index in [2.05, 4.69) is 20.5 Å². The van der Waals surface area contributed by atoms with Crippen molar-refractivity contribution in [2.24, 2.45) is 0 Å². The van der Waals surface area contributed by atoms with Gasteiger partial charge in [0.25, 0.3) is 5.91 Å². The normalized spacial score (nSPS) is 22.0. The maximum Gasteiger partial charge on any atom is 0.310 e. The second kappa shape index (κ2) is 11.6. The molecule has 42 heavy (non-hydrogen) atoms. The van der Waals surface area contributed by atoms with Crippen LogP contribution in [0.25, 0.3) is 0 Å². The van der Waals surface area contributed by atoms with Crippen molar-refractivity contribution in [3.05, 3.63) is 54.4 Å². The van der Waals surface area contributed by atoms with Crippen LogP contribution in [0.1, 0.15) is 18.0 Å². The second-order valence-electron chi connectivity index (χ2n) is 10.1. The third-order valence-electron chi connectivity index (χ3n) is 7.25. The number of halogens is 5. The highest BCUT2D eigenvalue weighted by Crippen LogP contribution is 3.02. The zero-order chi connectivity index (χ0) is 30.6. The van der Waals surface area contributed by atoms with Crippen molar-refractivity contribution in [1.82, 2.24) is 25.4 Å². The van der Waals surface area contributed by atoms with Crippen molar-refractivity contribution < 1.29 is 33.8 Å². The quantitative estimate of drug-likeness (QED) is 0.308. The maximum atomic E-state index is 14.1. The Balaban J connectivity index is 1.74. The molecule has 1 aromatic heterocycles. The molecule has 1 aromatic carbocycles. The van der Waals surface area contributed by atoms with Crippen molar-refractivity contribution in [3.8, 4) is 6.19 Å². The number of ether oxygens (including phenoxy) is 1. The number of nitrogens with zero attached hydrogens (tertiary/aromatic N) is 5. The Morgan fingerprint density at radius 2 is 1.88 bits per heavy atom. The molecule has 16 heteroatoms. The Morgan fingerprint density at radius 3 is 2.45 bits per heavy atom. The van der Waals surface area contributed by atoms with Crippen LogP contribution < -0.4 is 15.5 Å². The van der Waals surface area contributed by atoms with Crippen LogP contribution >= 0.6 is 10.2 Å². The summed E-state index contributed by atoms with van der Waals surface area (Å²) in [5.74, 6) is -1.45. The van der Waals surface area contributed by atoms with Crippen LogP contribution in [0.3, 0.4) is 0 Å². The van der Waals surface area contributed by atoms with Crippen molar-refractivity contribution in [1.29, 1.82) is 5.26 Å². The van der Waals surface area contributed by atoms with Gasteiger partial charge in [-0.05, 0) is 30.3 Å². The first-order chi connectivity index (χ1) is 19.7. The molecule has 2 N–H and O–H groups in total. The van der Waals surface area contributed by atoms with Gasteiger partial charge in [0.05, 0.1) is 12.6 Å². The molecule has 1 unspecified atom stereocenters. The average molecular weight is 618 g/mol. The summed E-state index contributed by atoms with van der Waals surface area (Å²) in [6.45, 7) is 3.94. The van der Waals surface area contributed by atoms with Gasteiger partial charge in [-0.2, -0.15) is 5.26 Å². The Labute approximate surface area is 240 Å². The lowest BCUT2D eigenvalue weighted by Gasteiger charge is -2.41. The Morgan fingerprint density at radius 1 is 1.19 bits per heavy atom. The van der Waals surface area contributed by atoms with E-state index < -0.39 is 45.1 Å². The molecule has 0 saturated carbocycles. The lowest BCUT2D eigenvalue weighted by Crippen LogP contribution is -2.51. The molecule has 0 aliphatic carbocycles. The van der Waals surface area contributed by atoms with E-state index in [0.29, 0.717) is 6.54 Å². The number of nitrogens with one attached hydrogen (secondary N) is 2. The number of piperazine rings is 1. The third-order valence-corrected chi connectivity index (χ3v) is 8.41. The molecule has 2 aliphatic heterocycles. The lowest BCUT2D eigenvalue weighted by molar-refractivity contribution is -0.128. The summed E-state index contributed by atoms with van der Waals surface area (Å²) in [4.78, 5) is 34.0. The van der Waals surface area contributed by atoms with Crippen LogP contribution in [-0.4, -0.2) is 91.7 Å². The van der Waals surface area contributed by atoms with Gasteiger partial charge in [0, 0.05) is 76.4 Å². The van der Waals surface area contributed by atoms with Crippen LogP contribution in [0.2, 0.25) is 0 Å². The molecule has 2 aliphatic rings. The fourth-order valence-electron chi connectivity index (χ4n) is 5.06. The first kappa shape index (κ1) is 31.4. The van der Waals surface area contributed by atoms with Gasteiger partial charge in [0.2, 0.25) is 5.91 Å². The zero-order valence-corrected chi connectivity index (χ0v) is 23.6. The number of carbonyl (C=O) groups is 2. The predicted molar refractivity (Wildman–Crippen MR) is 146 cm³/mol. The summed E-state index contributed by atoms with van der Waals surface area (Å²) in [6.07, 6.45) is 4.26. The SMILES string of the molecule is CO[C@@H]1C[C@H](C(=O)N(c2ccc(S(F)(F)(F)(F)F)cc2)C(C(=O)NCCN2CCNCC2)c2cccnc2)N(C#N)C1. The minimum absolute atomic E-state index is 0.0628. The third kappa shape index (κ3) is 7.46. The molecule has 3 heterocycles. The number of nitriles is 1. The molecule has 230 valence electrons. The number of anilines is 1. The fourth-order valence-corrected chi connectivity index (χ4v) is 5.72. The number of pyridine rings is 1. The molecule has 10 nitrogen and oxygen atoms in total. The van der Waals surface area contributed by atoms with Crippen LogP contribution in [-0.2, 0) is 14.3 Å². The number of hydrogen-bond donors (Lipinski definition) is 2. The summed E-state index contributed by atoms with van der Waals surface area (Å²) in [5, 5.41) is 15.7. The van der Waals surface area contributed by atoms with Crippen molar-refractivity contribution in [3.63, 3.8) is 0 Å². The number of likely N-dealkylation sites (tertiary alicyclic amines) is 1. The summed E-state index contributed by atoms with van der Waals surface area (Å²) < 4.78 is 72.8. The van der Waals surface area contributed by atoms with Crippen LogP contribution in [0.5, 0.6) is 0 Å². The number of aromatic nitrogens is 1. The van der Waals surface area contributed by atoms with Crippen molar-refractivity contribution >= 4 is 27.7 Å². The molecular formula is C26H32F5N7O3S. The topological polar surface area (TPSA) is 114 Å². The molecular weight excluding hydrogens is 585 g/mol. The monoisotopic (exact) mass is 617 g/mol. The van der Waals surface area contributed by atoms with E-state index in [9.17, 15) is 34.3 Å². The van der Waals surface area contributed by atoms with E-state index in [-0.39, 0.29) is 42.9 Å². The highest BCUT2D eigenvalue weighted by molar-refractivity contribution is 8.45. The number of carbonyl (C=O) groups excluding carboxylic acids is 2. The fraction of sp³-hybridized carbons (Fsp3) is 0.462. The largest absolute Gasteiger partial charge is 0.379 e. The molecule has 2 aromatic rings. The molecule has 3 atom stereocenters. The number of rotatable bonds is 10. The van der Waals surface area contributed by atoms with Crippen LogP contribution in [0, 0.1) is 11.5 Å². The summed E-state index contributed by atoms with van der Waals surface area (Å²) >= 11 is 0. The van der Waals surface area contributed by atoms with E-state index in [1.54, 1.807) is 0 Å². The van der Waals surface area contributed by atoms with Gasteiger partial charge < -0.3 is 15.4 Å². The Bertz CT molecular complexity index is 1310. The number of methoxy groups -OCH3 is 1. The molecule has 0 radical (unpaired) electrons. The first-order valence-corrected chi connectivity index (χ1v) is 15.1. The Kier molecular flexibility index (Phi) is 8.70. The highest BCUT2D eigenvalue weighted by atomic mass is 32.5. The molecule has 2 amide bonds. The van der Waals surface area contributed by atoms with E-state index in [0.717, 1.165) is 48.1 Å². The highest BCUT2D eigenvalue weighted by Gasteiger charge is 2.65. The molecule has 2 fully saturated rings. The minimum atomic E-state index is -10.0. The Hall–Kier alpha value is -3.52. The first-order valence-electron chi connectivity index (χ1n) is 13.2. The summed E-state index contributed by atoms with van der Waals surface area (Å²) in [5.41, 5.74) is -0.0115. The van der Waals surface area contributed by atoms with E-state index in [1.165, 1.54) is 31.6 Å². The zero-order valence-electron chi connectivity index (χ0n) is 22.8. The predicted octanol–water partition coefficient (Wildman–Crippen LogP) is 3.41. The van der Waals surface area contributed by atoms with E-state index in [1.807, 2.05) is 6.19 Å². The van der Waals surface area contributed by atoms with Gasteiger partial charge in [-0.1, -0.05) is 25.5 Å². The average Bonchev–Trinajstić information content (AvgIpc) is 3.39. The summed E-state index contributed by atoms with van der Waals surface area (Å²) in [6, 6.07) is 2.30. The van der Waals surface area contributed by atoms with E-state index >= 15 is 0 Å². The smallest absolute Gasteiger partial charge is 0.310 e. The van der Waals surface area contributed by atoms with Crippen molar-refractivity contribution in [2.75, 3.05) is 57.8 Å². The van der Waals surface area contributed by atoms with Crippen LogP contribution in [0.4, 0.5) is 25.1 Å². The van der Waals surface area contributed by atoms with Gasteiger partial charge in [-0.15, -0.1) is 0 Å². The standard InChI is InChI=1S/C26H32F5N7O3S/c1-41-21-15-23(37(17-21)18-32)26(40)38(20-4-6-22(7-5-20)42(27,28,29,30)31)24(19-3-2-8-34-16-19)25(39)35-11-14-36-12-9-33-10-13-36/h2-8,16,21,23-24,33H,9-15,17H2,1H3,(H,35,39)/t21-,23-,24?/m1/s1. The molecule has 4 rings (SSSR count). The van der Waals surface area contributed by atoms with Crippen LogP contribution in [0.15, 0.2) is 53.7 Å². The van der Waals surface area contributed by atoms with Gasteiger partial charge >= 0.3 is 10.2 Å². The number of hydrogen-bond acceptors (Lipinski definition) is 8. The van der Waals surface area contributed by atoms with Crippen molar-refractivity contribution in [2.45, 2.75) is 29.5 Å². The van der Waals surface area contributed by atoms with Gasteiger partial charge in [0.15, 0.2) is 6.19 Å². The van der Waals surface area contributed by atoms with Gasteiger partial charge in [-0.3, -0.25) is 29.3 Å². The summed E-state index contributed by atoms with van der Waals surface area (Å²) in [7, 11) is -8.60. The lowest BCUT2D eigenvalue weighted by atomic mass is 10.0. The molecule has 2 saturated heterocycles. The van der Waals surface area contributed by atoms with Gasteiger partial charge in [0.1, 0.15) is 17.0 Å². The number of benzene rings is 1.